The van der Waals surface area contributed by atoms with Crippen molar-refractivity contribution in [1.29, 1.82) is 0 Å². The number of hydrogen-bond donors (Lipinski definition) is 2. The fourth-order valence-electron chi connectivity index (χ4n) is 3.44. The molecule has 6 heteroatoms. The Morgan fingerprint density at radius 1 is 1.28 bits per heavy atom. The second kappa shape index (κ2) is 8.50. The van der Waals surface area contributed by atoms with Gasteiger partial charge in [0.15, 0.2) is 5.69 Å². The first kappa shape index (κ1) is 19.5. The molecule has 25 heavy (non-hydrogen) atoms. The first-order valence-electron chi connectivity index (χ1n) is 8.77. The predicted octanol–water partition coefficient (Wildman–Crippen LogP) is 2.89. The van der Waals surface area contributed by atoms with Crippen LogP contribution in [0.4, 0.5) is 0 Å². The average Bonchev–Trinajstić information content (AvgIpc) is 3.16. The summed E-state index contributed by atoms with van der Waals surface area (Å²) < 4.78 is 1.93. The summed E-state index contributed by atoms with van der Waals surface area (Å²) in [7, 11) is 0. The Kier molecular flexibility index (Phi) is 6.62. The molecule has 3 N–H and O–H groups in total. The van der Waals surface area contributed by atoms with Crippen LogP contribution >= 0.6 is 12.4 Å². The number of benzene rings is 1. The summed E-state index contributed by atoms with van der Waals surface area (Å²) >= 11 is 0. The van der Waals surface area contributed by atoms with E-state index in [1.54, 1.807) is 0 Å². The number of amides is 1. The van der Waals surface area contributed by atoms with E-state index in [2.05, 4.69) is 24.3 Å². The molecule has 0 fully saturated rings. The zero-order valence-corrected chi connectivity index (χ0v) is 15.7. The normalized spacial score (nSPS) is 14.1. The molecule has 0 saturated carbocycles. The second-order valence-electron chi connectivity index (χ2n) is 6.91. The van der Waals surface area contributed by atoms with Gasteiger partial charge in [-0.1, -0.05) is 32.0 Å². The quantitative estimate of drug-likeness (QED) is 0.829. The lowest BCUT2D eigenvalue weighted by molar-refractivity contribution is 0.0927. The number of hydrogen-bond acceptors (Lipinski definition) is 3. The maximum absolute atomic E-state index is 12.8. The van der Waals surface area contributed by atoms with Crippen LogP contribution in [0.1, 0.15) is 48.4 Å². The van der Waals surface area contributed by atoms with Crippen LogP contribution in [-0.2, 0) is 12.8 Å². The molecule has 1 aliphatic rings. The fraction of sp³-hybridized carbons (Fsp3) is 0.474. The number of nitrogens with one attached hydrogen (secondary N) is 1. The molecule has 1 atom stereocenters. The number of nitrogens with zero attached hydrogens (tertiary/aromatic N) is 2. The fourth-order valence-corrected chi connectivity index (χ4v) is 3.44. The molecule has 1 unspecified atom stereocenters. The molecule has 5 nitrogen and oxygen atoms in total. The number of fused-ring (bicyclic) bond motifs is 1. The molecule has 0 aliphatic heterocycles. The summed E-state index contributed by atoms with van der Waals surface area (Å²) in [5.74, 6) is 0.394. The van der Waals surface area contributed by atoms with Gasteiger partial charge in [-0.3, -0.25) is 4.79 Å². The Balaban J connectivity index is 0.00000225. The Morgan fingerprint density at radius 3 is 2.64 bits per heavy atom. The van der Waals surface area contributed by atoms with Gasteiger partial charge in [-0.25, -0.2) is 4.68 Å². The van der Waals surface area contributed by atoms with E-state index in [-0.39, 0.29) is 24.4 Å². The number of para-hydroxylation sites is 1. The molecule has 1 heterocycles. The van der Waals surface area contributed by atoms with Crippen molar-refractivity contribution in [2.24, 2.45) is 11.7 Å². The van der Waals surface area contributed by atoms with E-state index < -0.39 is 0 Å². The summed E-state index contributed by atoms with van der Waals surface area (Å²) in [6, 6.07) is 10.0. The number of halogens is 1. The zero-order valence-electron chi connectivity index (χ0n) is 14.9. The summed E-state index contributed by atoms with van der Waals surface area (Å²) in [5.41, 5.74) is 9.65. The van der Waals surface area contributed by atoms with Gasteiger partial charge in [-0.15, -0.1) is 12.4 Å². The minimum Gasteiger partial charge on any atom is -0.347 e. The standard InChI is InChI=1S/C19H26N4O.ClH/c1-13(2)11-14(12-20)21-19(24)18-16-9-6-10-17(16)23(22-18)15-7-4-3-5-8-15;/h3-5,7-8,13-14H,6,9-12,20H2,1-2H3,(H,21,24);1H. The van der Waals surface area contributed by atoms with Gasteiger partial charge in [0.2, 0.25) is 0 Å². The molecule has 1 aliphatic carbocycles. The van der Waals surface area contributed by atoms with Crippen LogP contribution in [0.5, 0.6) is 0 Å². The van der Waals surface area contributed by atoms with E-state index in [1.807, 2.05) is 35.0 Å². The first-order valence-corrected chi connectivity index (χ1v) is 8.77. The second-order valence-corrected chi connectivity index (χ2v) is 6.91. The van der Waals surface area contributed by atoms with Gasteiger partial charge in [-0.2, -0.15) is 5.10 Å². The smallest absolute Gasteiger partial charge is 0.272 e. The predicted molar refractivity (Wildman–Crippen MR) is 103 cm³/mol. The maximum atomic E-state index is 12.8. The number of carbonyl (C=O) groups excluding carboxylic acids is 1. The van der Waals surface area contributed by atoms with E-state index in [4.69, 9.17) is 5.73 Å². The number of aromatic nitrogens is 2. The molecule has 0 bridgehead atoms. The highest BCUT2D eigenvalue weighted by Crippen LogP contribution is 2.27. The van der Waals surface area contributed by atoms with Gasteiger partial charge >= 0.3 is 0 Å². The van der Waals surface area contributed by atoms with Crippen LogP contribution in [0.15, 0.2) is 30.3 Å². The Morgan fingerprint density at radius 2 is 2.00 bits per heavy atom. The minimum absolute atomic E-state index is 0. The van der Waals surface area contributed by atoms with Crippen molar-refractivity contribution in [2.45, 2.75) is 45.6 Å². The van der Waals surface area contributed by atoms with Crippen molar-refractivity contribution in [2.75, 3.05) is 6.54 Å². The maximum Gasteiger partial charge on any atom is 0.272 e. The molecule has 2 aromatic rings. The van der Waals surface area contributed by atoms with E-state index >= 15 is 0 Å². The molecule has 0 spiro atoms. The highest BCUT2D eigenvalue weighted by Gasteiger charge is 2.27. The number of carbonyl (C=O) groups is 1. The van der Waals surface area contributed by atoms with Crippen LogP contribution in [0.3, 0.4) is 0 Å². The monoisotopic (exact) mass is 362 g/mol. The number of nitrogens with two attached hydrogens (primary N) is 1. The Bertz CT molecular complexity index is 712. The van der Waals surface area contributed by atoms with Crippen LogP contribution in [0.25, 0.3) is 5.69 Å². The van der Waals surface area contributed by atoms with Gasteiger partial charge in [-0.05, 0) is 43.7 Å². The molecule has 1 aromatic heterocycles. The van der Waals surface area contributed by atoms with E-state index in [1.165, 1.54) is 5.69 Å². The lowest BCUT2D eigenvalue weighted by Crippen LogP contribution is -2.41. The topological polar surface area (TPSA) is 72.9 Å². The molecule has 1 amide bonds. The Labute approximate surface area is 155 Å². The van der Waals surface area contributed by atoms with Crippen LogP contribution in [-0.4, -0.2) is 28.3 Å². The van der Waals surface area contributed by atoms with Gasteiger partial charge in [0.25, 0.3) is 5.91 Å². The largest absolute Gasteiger partial charge is 0.347 e. The first-order chi connectivity index (χ1) is 11.6. The number of rotatable bonds is 6. The van der Waals surface area contributed by atoms with Crippen LogP contribution in [0, 0.1) is 5.92 Å². The molecule has 0 saturated heterocycles. The molecular formula is C19H27ClN4O. The third-order valence-electron chi connectivity index (χ3n) is 4.52. The van der Waals surface area contributed by atoms with Crippen molar-refractivity contribution in [3.05, 3.63) is 47.3 Å². The van der Waals surface area contributed by atoms with Gasteiger partial charge in [0, 0.05) is 23.8 Å². The highest BCUT2D eigenvalue weighted by molar-refractivity contribution is 5.94. The van der Waals surface area contributed by atoms with Crippen molar-refractivity contribution in [3.63, 3.8) is 0 Å². The zero-order chi connectivity index (χ0) is 17.1. The third kappa shape index (κ3) is 4.22. The third-order valence-corrected chi connectivity index (χ3v) is 4.52. The van der Waals surface area contributed by atoms with E-state index in [0.717, 1.165) is 36.9 Å². The van der Waals surface area contributed by atoms with Crippen molar-refractivity contribution < 1.29 is 4.79 Å². The molecule has 0 radical (unpaired) electrons. The van der Waals surface area contributed by atoms with Crippen LogP contribution < -0.4 is 11.1 Å². The van der Waals surface area contributed by atoms with Gasteiger partial charge in [0.05, 0.1) is 5.69 Å². The molecular weight excluding hydrogens is 336 g/mol. The minimum atomic E-state index is -0.0982. The van der Waals surface area contributed by atoms with Crippen molar-refractivity contribution in [1.82, 2.24) is 15.1 Å². The van der Waals surface area contributed by atoms with Crippen molar-refractivity contribution in [3.8, 4) is 5.69 Å². The summed E-state index contributed by atoms with van der Waals surface area (Å²) in [4.78, 5) is 12.8. The molecule has 136 valence electrons. The summed E-state index contributed by atoms with van der Waals surface area (Å²) in [5, 5.41) is 7.70. The van der Waals surface area contributed by atoms with Crippen LogP contribution in [0.2, 0.25) is 0 Å². The van der Waals surface area contributed by atoms with Crippen molar-refractivity contribution >= 4 is 18.3 Å². The Hall–Kier alpha value is -1.85. The summed E-state index contributed by atoms with van der Waals surface area (Å²) in [6.07, 6.45) is 3.84. The lowest BCUT2D eigenvalue weighted by atomic mass is 10.0. The average molecular weight is 363 g/mol. The summed E-state index contributed by atoms with van der Waals surface area (Å²) in [6.45, 7) is 4.72. The van der Waals surface area contributed by atoms with Gasteiger partial charge < -0.3 is 11.1 Å². The van der Waals surface area contributed by atoms with E-state index in [0.29, 0.717) is 18.2 Å². The van der Waals surface area contributed by atoms with Gasteiger partial charge in [0.1, 0.15) is 0 Å². The van der Waals surface area contributed by atoms with E-state index in [9.17, 15) is 4.79 Å². The lowest BCUT2D eigenvalue weighted by Gasteiger charge is -2.18. The molecule has 1 aromatic carbocycles. The molecule has 3 rings (SSSR count). The highest BCUT2D eigenvalue weighted by atomic mass is 35.5. The SMILES string of the molecule is CC(C)CC(CN)NC(=O)c1nn(-c2ccccc2)c2c1CCC2.Cl.